The topological polar surface area (TPSA) is 73.8 Å². The van der Waals surface area contributed by atoms with Gasteiger partial charge in [0.1, 0.15) is 0 Å². The summed E-state index contributed by atoms with van der Waals surface area (Å²) in [5.74, 6) is -39.0. The highest BCUT2D eigenvalue weighted by molar-refractivity contribution is 7.03. The summed E-state index contributed by atoms with van der Waals surface area (Å²) >= 11 is 0. The molecule has 0 bridgehead atoms. The van der Waals surface area contributed by atoms with Crippen LogP contribution in [0.1, 0.15) is 0 Å². The minimum absolute atomic E-state index is 1.26. The lowest BCUT2D eigenvalue weighted by Gasteiger charge is -2.44. The first kappa shape index (κ1) is 70.7. The van der Waals surface area contributed by atoms with Crippen LogP contribution in [-0.4, -0.2) is 83.8 Å². The van der Waals surface area contributed by atoms with E-state index in [-0.39, 0.29) is 0 Å². The molecule has 0 aliphatic rings. The van der Waals surface area contributed by atoms with E-state index >= 15 is 61.5 Å². The summed E-state index contributed by atoms with van der Waals surface area (Å²) in [5, 5.41) is -7.81. The van der Waals surface area contributed by atoms with E-state index in [9.17, 15) is 87.8 Å². The largest absolute Gasteiger partial charge is 0.547 e. The summed E-state index contributed by atoms with van der Waals surface area (Å²) in [4.78, 5) is 0. The minimum Gasteiger partial charge on any atom is -0.415 e. The van der Waals surface area contributed by atoms with Crippen molar-refractivity contribution in [2.75, 3.05) is 0 Å². The van der Waals surface area contributed by atoms with E-state index in [1.54, 1.807) is 21.0 Å². The third-order valence-electron chi connectivity index (χ3n) is 8.36. The van der Waals surface area contributed by atoms with Gasteiger partial charge in [0.05, 0.1) is 10.4 Å². The van der Waals surface area contributed by atoms with Crippen LogP contribution in [0.4, 0.5) is 149 Å². The van der Waals surface area contributed by atoms with E-state index < -0.39 is 213 Å². The van der Waals surface area contributed by atoms with Crippen molar-refractivity contribution in [1.29, 1.82) is 0 Å². The first-order valence-corrected chi connectivity index (χ1v) is 28.7. The Balaban J connectivity index is 4.15. The Morgan fingerprint density at radius 2 is 0.532 bits per heavy atom. The van der Waals surface area contributed by atoms with Gasteiger partial charge in [-0.1, -0.05) is 0 Å². The predicted octanol–water partition coefficient (Wildman–Crippen LogP) is 11.7. The SMILES string of the molecule is FC(F)=C(F)[Si](O[Si](C(F)=C(F)F)(C(F)=C(F)F)C(F)=C(F)F)O[Si](O[Si](O[Si])(O[Si](O[Si])(O[Si])c1c(F)c(F)c(F)c(F)c1F)C(F)=C(F)F)(O[Si](C(F)=C(F)F)(C(F)=C(F)F)C(F)=C(F)F)c1c(F)c(F)c(F)c(F)c1F. The van der Waals surface area contributed by atoms with Crippen molar-refractivity contribution in [1.82, 2.24) is 0 Å². The molecule has 0 aliphatic heterocycles. The first-order chi connectivity index (χ1) is 36.1. The number of benzene rings is 2. The number of hydrogen-bond acceptors (Lipinski definition) is 8. The van der Waals surface area contributed by atoms with Gasteiger partial charge in [-0.15, -0.1) is 0 Å². The smallest absolute Gasteiger partial charge is 0.415 e. The number of hydrogen-bond donors (Lipinski definition) is 0. The molecule has 0 aliphatic carbocycles. The molecule has 10 radical (unpaired) electrons. The molecule has 51 heteroatoms. The van der Waals surface area contributed by atoms with Gasteiger partial charge in [-0.25, -0.2) is 79.0 Å². The van der Waals surface area contributed by atoms with Gasteiger partial charge < -0.3 is 32.9 Å². The molecule has 434 valence electrons. The van der Waals surface area contributed by atoms with E-state index in [1.165, 1.54) is 10.5 Å². The van der Waals surface area contributed by atoms with Gasteiger partial charge in [0.15, 0.2) is 79.2 Å². The van der Waals surface area contributed by atoms with Crippen LogP contribution in [0.5, 0.6) is 0 Å². The van der Waals surface area contributed by atoms with E-state index in [1.807, 2.05) is 0 Å². The summed E-state index contributed by atoms with van der Waals surface area (Å²) in [7, 11) is -50.7. The molecule has 2 aromatic rings. The number of halogens is 34. The maximum Gasteiger partial charge on any atom is 0.547 e. The van der Waals surface area contributed by atoms with Gasteiger partial charge in [-0.2, -0.15) is 70.2 Å². The predicted molar refractivity (Wildman–Crippen MR) is 195 cm³/mol. The van der Waals surface area contributed by atoms with Crippen molar-refractivity contribution < 1.29 is 182 Å². The van der Waals surface area contributed by atoms with Crippen molar-refractivity contribution >= 4 is 94.2 Å². The van der Waals surface area contributed by atoms with Crippen LogP contribution in [0, 0.1) is 58.2 Å². The summed E-state index contributed by atoms with van der Waals surface area (Å²) in [6.45, 7) is 0. The fraction of sp³-hybridized carbons (Fsp3) is 0. The maximum absolute atomic E-state index is 16.4. The monoisotopic (exact) mass is 1360 g/mol. The summed E-state index contributed by atoms with van der Waals surface area (Å²) in [6.07, 6.45) is -39.2. The van der Waals surface area contributed by atoms with Gasteiger partial charge in [-0.05, 0) is 0 Å². The summed E-state index contributed by atoms with van der Waals surface area (Å²) in [5.41, 5.74) is -39.0. The Morgan fingerprint density at radius 1 is 0.278 bits per heavy atom. The number of rotatable bonds is 23. The van der Waals surface area contributed by atoms with E-state index in [0.29, 0.717) is 0 Å². The molecule has 8 nitrogen and oxygen atoms in total. The zero-order valence-corrected chi connectivity index (χ0v) is 43.6. The fourth-order valence-corrected chi connectivity index (χ4v) is 28.1. The average Bonchev–Trinajstić information content (AvgIpc) is 3.38. The zero-order chi connectivity index (χ0) is 61.9. The van der Waals surface area contributed by atoms with Gasteiger partial charge in [0, 0.05) is 0 Å². The third-order valence-corrected chi connectivity index (χ3v) is 30.2. The third kappa shape index (κ3) is 13.0. The Hall–Kier alpha value is -4.39. The first-order valence-electron chi connectivity index (χ1n) is 17.2. The molecule has 0 spiro atoms. The van der Waals surface area contributed by atoms with Crippen molar-refractivity contribution in [3.05, 3.63) is 150 Å². The maximum atomic E-state index is 16.4. The molecule has 0 N–H and O–H groups in total. The summed E-state index contributed by atoms with van der Waals surface area (Å²) in [6, 6.07) is 0. The van der Waals surface area contributed by atoms with Crippen molar-refractivity contribution in [3.63, 3.8) is 0 Å². The molecular formula is C28F34O8Si9. The zero-order valence-electron chi connectivity index (χ0n) is 34.6. The second-order valence-electron chi connectivity index (χ2n) is 12.6. The van der Waals surface area contributed by atoms with Crippen LogP contribution in [0.25, 0.3) is 0 Å². The molecule has 0 heterocycles. The summed E-state index contributed by atoms with van der Waals surface area (Å²) < 4.78 is 535. The second-order valence-corrected chi connectivity index (χ2v) is 30.3. The lowest BCUT2D eigenvalue weighted by atomic mass is 10.3. The van der Waals surface area contributed by atoms with E-state index in [4.69, 9.17) is 0 Å². The molecule has 0 saturated carbocycles. The Morgan fingerprint density at radius 3 is 0.785 bits per heavy atom. The second kappa shape index (κ2) is 26.7. The van der Waals surface area contributed by atoms with E-state index in [2.05, 4.69) is 32.9 Å². The van der Waals surface area contributed by atoms with Crippen molar-refractivity contribution in [3.8, 4) is 0 Å². The molecule has 79 heavy (non-hydrogen) atoms. The molecule has 2 atom stereocenters. The molecule has 0 amide bonds. The highest BCUT2D eigenvalue weighted by Crippen LogP contribution is 2.48. The van der Waals surface area contributed by atoms with Crippen LogP contribution >= 0.6 is 0 Å². The van der Waals surface area contributed by atoms with Crippen LogP contribution in [0.3, 0.4) is 0 Å². The van der Waals surface area contributed by atoms with Crippen LogP contribution in [-0.2, 0) is 32.9 Å². The Kier molecular flexibility index (Phi) is 23.9. The molecule has 2 rings (SSSR count). The lowest BCUT2D eigenvalue weighted by molar-refractivity contribution is 0.152. The highest BCUT2D eigenvalue weighted by Gasteiger charge is 2.74. The lowest BCUT2D eigenvalue weighted by Crippen LogP contribution is -2.75. The molecule has 0 fully saturated rings. The fourth-order valence-electron chi connectivity index (χ4n) is 5.14. The molecule has 0 saturated heterocycles. The van der Waals surface area contributed by atoms with Crippen molar-refractivity contribution in [2.45, 2.75) is 0 Å². The molecule has 0 aromatic heterocycles. The van der Waals surface area contributed by atoms with Crippen molar-refractivity contribution in [2.24, 2.45) is 0 Å². The van der Waals surface area contributed by atoms with Crippen LogP contribution < -0.4 is 10.4 Å². The Labute approximate surface area is 426 Å². The highest BCUT2D eigenvalue weighted by atomic mass is 28.5. The van der Waals surface area contributed by atoms with Gasteiger partial charge in [0.25, 0.3) is 0 Å². The quantitative estimate of drug-likeness (QED) is 0.0472. The average molecular weight is 1360 g/mol. The van der Waals surface area contributed by atoms with Gasteiger partial charge in [0.2, 0.25) is 54.0 Å². The Bertz CT molecular complexity index is 2800. The standard InChI is InChI=1S/C28F34O8Si9/c29-1-3(31)7(35)11(8(36)4(1)32)77(63-71,64-72)69-79(65-73,28(62)20(53)54)70-78(12-9(37)5(33)2(30)6(34)10(12)38,68-76(25(59)17(47)48,26(60)18(49)50)27(61)19(51)52)67-74(21(55)13(39)40)66-75(22(56)14(41)42,23(57)15(43)44)24(58)16(45)46. The van der Waals surface area contributed by atoms with E-state index in [0.717, 1.165) is 0 Å². The normalized spacial score (nSPS) is 13.6. The van der Waals surface area contributed by atoms with Crippen LogP contribution in [0.2, 0.25) is 0 Å². The molecule has 2 aromatic carbocycles. The molecule has 2 unspecified atom stereocenters. The van der Waals surface area contributed by atoms with Gasteiger partial charge in [-0.3, -0.25) is 0 Å². The van der Waals surface area contributed by atoms with Crippen LogP contribution in [0.15, 0.2) is 92.2 Å². The minimum atomic E-state index is -10.5. The van der Waals surface area contributed by atoms with Gasteiger partial charge >= 0.3 is 101 Å². The molecular weight excluding hydrogens is 1360 g/mol.